The largest absolute Gasteiger partial charge is 0.393 e. The lowest BCUT2D eigenvalue weighted by molar-refractivity contribution is 0.130. The van der Waals surface area contributed by atoms with Gasteiger partial charge in [0.05, 0.1) is 0 Å². The van der Waals surface area contributed by atoms with E-state index >= 15 is 0 Å². The molecular weight excluding hydrogens is 90.1 g/mol. The van der Waals surface area contributed by atoms with Crippen molar-refractivity contribution in [3.63, 3.8) is 0 Å². The summed E-state index contributed by atoms with van der Waals surface area (Å²) < 4.78 is 0. The van der Waals surface area contributed by atoms with Crippen molar-refractivity contribution >= 4 is 6.21 Å². The maximum absolute atomic E-state index is 4.87. The van der Waals surface area contributed by atoms with Crippen LogP contribution in [0.1, 0.15) is 19.8 Å². The average molecular weight is 99.1 g/mol. The van der Waals surface area contributed by atoms with Gasteiger partial charge in [-0.2, -0.15) is 0 Å². The molecule has 0 radical (unpaired) electrons. The van der Waals surface area contributed by atoms with Crippen LogP contribution in [0.15, 0.2) is 5.16 Å². The van der Waals surface area contributed by atoms with Crippen molar-refractivity contribution in [2.45, 2.75) is 25.9 Å². The first kappa shape index (κ1) is 4.62. The molecule has 1 aliphatic rings. The molecule has 0 saturated heterocycles. The van der Waals surface area contributed by atoms with Crippen molar-refractivity contribution in [3.05, 3.63) is 0 Å². The summed E-state index contributed by atoms with van der Waals surface area (Å²) in [6.07, 6.45) is 4.50. The zero-order valence-electron chi connectivity index (χ0n) is 4.42. The average Bonchev–Trinajstić information content (AvgIpc) is 2.42. The van der Waals surface area contributed by atoms with Gasteiger partial charge < -0.3 is 4.84 Å². The molecule has 0 atom stereocenters. The Morgan fingerprint density at radius 3 is 2.86 bits per heavy atom. The second-order valence-corrected chi connectivity index (χ2v) is 1.67. The van der Waals surface area contributed by atoms with E-state index in [1.54, 1.807) is 6.21 Å². The number of hydrogen-bond donors (Lipinski definition) is 0. The Bertz CT molecular complexity index is 76.1. The van der Waals surface area contributed by atoms with Crippen LogP contribution in [0.4, 0.5) is 0 Å². The summed E-state index contributed by atoms with van der Waals surface area (Å²) in [5.41, 5.74) is 0. The molecule has 0 bridgehead atoms. The molecule has 0 aromatic heterocycles. The Kier molecular flexibility index (Phi) is 1.29. The second-order valence-electron chi connectivity index (χ2n) is 1.67. The molecule has 0 heterocycles. The van der Waals surface area contributed by atoms with E-state index in [0.717, 1.165) is 0 Å². The van der Waals surface area contributed by atoms with Gasteiger partial charge in [-0.05, 0) is 19.8 Å². The molecule has 0 N–H and O–H groups in total. The Labute approximate surface area is 43.2 Å². The number of nitrogens with zero attached hydrogens (tertiary/aromatic N) is 1. The van der Waals surface area contributed by atoms with Crippen LogP contribution in [0, 0.1) is 0 Å². The van der Waals surface area contributed by atoms with E-state index in [9.17, 15) is 0 Å². The number of hydrogen-bond acceptors (Lipinski definition) is 2. The van der Waals surface area contributed by atoms with Gasteiger partial charge in [0.15, 0.2) is 0 Å². The Morgan fingerprint density at radius 1 is 1.71 bits per heavy atom. The zero-order chi connectivity index (χ0) is 5.11. The molecule has 0 spiro atoms. The van der Waals surface area contributed by atoms with E-state index in [-0.39, 0.29) is 0 Å². The predicted molar refractivity (Wildman–Crippen MR) is 28.3 cm³/mol. The third-order valence-corrected chi connectivity index (χ3v) is 0.840. The van der Waals surface area contributed by atoms with Crippen molar-refractivity contribution in [2.24, 2.45) is 5.16 Å². The summed E-state index contributed by atoms with van der Waals surface area (Å²) in [6, 6.07) is 0. The fourth-order valence-corrected chi connectivity index (χ4v) is 0.320. The molecule has 7 heavy (non-hydrogen) atoms. The van der Waals surface area contributed by atoms with Gasteiger partial charge in [-0.15, -0.1) is 0 Å². The van der Waals surface area contributed by atoms with Crippen LogP contribution < -0.4 is 0 Å². The SMILES string of the molecule is CC=NOC1CC1. The van der Waals surface area contributed by atoms with Crippen molar-refractivity contribution < 1.29 is 4.84 Å². The van der Waals surface area contributed by atoms with E-state index in [2.05, 4.69) is 5.16 Å². The van der Waals surface area contributed by atoms with Gasteiger partial charge in [0, 0.05) is 6.21 Å². The minimum Gasteiger partial charge on any atom is -0.393 e. The second kappa shape index (κ2) is 1.96. The highest BCUT2D eigenvalue weighted by Gasteiger charge is 2.22. The van der Waals surface area contributed by atoms with E-state index in [0.29, 0.717) is 6.10 Å². The standard InChI is InChI=1S/C5H9NO/c1-2-6-7-5-3-4-5/h2,5H,3-4H2,1H3. The van der Waals surface area contributed by atoms with Gasteiger partial charge in [0.1, 0.15) is 6.10 Å². The Balaban J connectivity index is 1.98. The van der Waals surface area contributed by atoms with E-state index in [4.69, 9.17) is 4.84 Å². The molecule has 0 unspecified atom stereocenters. The van der Waals surface area contributed by atoms with Gasteiger partial charge in [-0.25, -0.2) is 0 Å². The maximum Gasteiger partial charge on any atom is 0.127 e. The summed E-state index contributed by atoms with van der Waals surface area (Å²) in [6.45, 7) is 1.85. The Morgan fingerprint density at radius 2 is 2.43 bits per heavy atom. The highest BCUT2D eigenvalue weighted by atomic mass is 16.6. The van der Waals surface area contributed by atoms with Crippen molar-refractivity contribution in [1.29, 1.82) is 0 Å². The molecule has 0 aliphatic heterocycles. The van der Waals surface area contributed by atoms with E-state index < -0.39 is 0 Å². The van der Waals surface area contributed by atoms with Gasteiger partial charge in [0.25, 0.3) is 0 Å². The minimum atomic E-state index is 0.455. The molecule has 1 saturated carbocycles. The third-order valence-electron chi connectivity index (χ3n) is 0.840. The summed E-state index contributed by atoms with van der Waals surface area (Å²) in [5.74, 6) is 0. The lowest BCUT2D eigenvalue weighted by Gasteiger charge is -1.87. The number of rotatable bonds is 2. The monoisotopic (exact) mass is 99.1 g/mol. The van der Waals surface area contributed by atoms with Crippen molar-refractivity contribution in [1.82, 2.24) is 0 Å². The van der Waals surface area contributed by atoms with Gasteiger partial charge >= 0.3 is 0 Å². The van der Waals surface area contributed by atoms with Gasteiger partial charge in [0.2, 0.25) is 0 Å². The summed E-state index contributed by atoms with van der Waals surface area (Å²) in [5, 5.41) is 3.61. The topological polar surface area (TPSA) is 21.6 Å². The van der Waals surface area contributed by atoms with E-state index in [1.807, 2.05) is 6.92 Å². The lowest BCUT2D eigenvalue weighted by Crippen LogP contribution is -1.81. The lowest BCUT2D eigenvalue weighted by atomic mass is 10.9. The highest BCUT2D eigenvalue weighted by Crippen LogP contribution is 2.23. The van der Waals surface area contributed by atoms with Crippen LogP contribution in [0.3, 0.4) is 0 Å². The number of oxime groups is 1. The van der Waals surface area contributed by atoms with Crippen molar-refractivity contribution in [2.75, 3.05) is 0 Å². The smallest absolute Gasteiger partial charge is 0.127 e. The first-order valence-electron chi connectivity index (χ1n) is 2.57. The summed E-state index contributed by atoms with van der Waals surface area (Å²) >= 11 is 0. The molecule has 0 aromatic carbocycles. The highest BCUT2D eigenvalue weighted by molar-refractivity contribution is 5.52. The van der Waals surface area contributed by atoms with E-state index in [1.165, 1.54) is 12.8 Å². The predicted octanol–water partition coefficient (Wildman–Crippen LogP) is 1.17. The van der Waals surface area contributed by atoms with Gasteiger partial charge in [-0.3, -0.25) is 0 Å². The van der Waals surface area contributed by atoms with Crippen LogP contribution >= 0.6 is 0 Å². The Hall–Kier alpha value is -0.530. The van der Waals surface area contributed by atoms with Crippen molar-refractivity contribution in [3.8, 4) is 0 Å². The zero-order valence-corrected chi connectivity index (χ0v) is 4.42. The molecular formula is C5H9NO. The fourth-order valence-electron chi connectivity index (χ4n) is 0.320. The van der Waals surface area contributed by atoms with Crippen LogP contribution in [-0.4, -0.2) is 12.3 Å². The molecule has 1 aliphatic carbocycles. The van der Waals surface area contributed by atoms with Crippen LogP contribution in [0.25, 0.3) is 0 Å². The molecule has 0 amide bonds. The van der Waals surface area contributed by atoms with Crippen LogP contribution in [0.2, 0.25) is 0 Å². The summed E-state index contributed by atoms with van der Waals surface area (Å²) in [4.78, 5) is 4.87. The molecule has 1 fully saturated rings. The first-order valence-corrected chi connectivity index (χ1v) is 2.57. The summed E-state index contributed by atoms with van der Waals surface area (Å²) in [7, 11) is 0. The van der Waals surface area contributed by atoms with Crippen LogP contribution in [0.5, 0.6) is 0 Å². The minimum absolute atomic E-state index is 0.455. The molecule has 2 heteroatoms. The maximum atomic E-state index is 4.87. The molecule has 1 rings (SSSR count). The first-order chi connectivity index (χ1) is 3.43. The quantitative estimate of drug-likeness (QED) is 0.376. The van der Waals surface area contributed by atoms with Gasteiger partial charge in [-0.1, -0.05) is 5.16 Å². The molecule has 2 nitrogen and oxygen atoms in total. The molecule has 0 aromatic rings. The normalized spacial score (nSPS) is 20.7. The van der Waals surface area contributed by atoms with Crippen LogP contribution in [-0.2, 0) is 4.84 Å². The fraction of sp³-hybridized carbons (Fsp3) is 0.800. The third kappa shape index (κ3) is 1.57. The molecule has 40 valence electrons.